The lowest BCUT2D eigenvalue weighted by Crippen LogP contribution is -2.65. The van der Waals surface area contributed by atoms with Gasteiger partial charge in [0.25, 0.3) is 0 Å². The van der Waals surface area contributed by atoms with Gasteiger partial charge < -0.3 is 65.1 Å². The zero-order valence-corrected chi connectivity index (χ0v) is 57.1. The van der Waals surface area contributed by atoms with Gasteiger partial charge in [-0.1, -0.05) is 290 Å². The highest BCUT2D eigenvalue weighted by Gasteiger charge is 2.51. The maximum Gasteiger partial charge on any atom is 0.220 e. The van der Waals surface area contributed by atoms with Crippen LogP contribution in [0.1, 0.15) is 277 Å². The number of amides is 1. The number of nitrogens with one attached hydrogen (secondary N) is 1. The topological polar surface area (TPSA) is 228 Å². The van der Waals surface area contributed by atoms with Gasteiger partial charge in [-0.2, -0.15) is 0 Å². The molecule has 0 spiro atoms. The van der Waals surface area contributed by atoms with Gasteiger partial charge in [-0.05, 0) is 89.9 Å². The summed E-state index contributed by atoms with van der Waals surface area (Å²) < 4.78 is 22.8. The van der Waals surface area contributed by atoms with Crippen molar-refractivity contribution in [3.63, 3.8) is 0 Å². The van der Waals surface area contributed by atoms with Gasteiger partial charge in [0.1, 0.15) is 48.8 Å². The Morgan fingerprint density at radius 1 is 0.407 bits per heavy atom. The van der Waals surface area contributed by atoms with E-state index in [4.69, 9.17) is 18.9 Å². The van der Waals surface area contributed by atoms with E-state index in [-0.39, 0.29) is 18.9 Å². The lowest BCUT2D eigenvalue weighted by molar-refractivity contribution is -0.359. The normalized spacial score (nSPS) is 23.5. The van der Waals surface area contributed by atoms with Crippen LogP contribution in [0.4, 0.5) is 0 Å². The zero-order valence-electron chi connectivity index (χ0n) is 57.1. The molecule has 9 N–H and O–H groups in total. The van der Waals surface area contributed by atoms with E-state index < -0.39 is 86.8 Å². The first-order valence-corrected chi connectivity index (χ1v) is 36.6. The fraction of sp³-hybridized carbons (Fsp3) is 0.753. The number of allylic oxidation sites excluding steroid dienone is 17. The monoisotopic (exact) mass is 1280 g/mol. The van der Waals surface area contributed by atoms with Crippen molar-refractivity contribution in [1.82, 2.24) is 5.32 Å². The van der Waals surface area contributed by atoms with Gasteiger partial charge in [-0.3, -0.25) is 4.79 Å². The molecule has 0 bridgehead atoms. The molecule has 0 aromatic carbocycles. The van der Waals surface area contributed by atoms with Crippen LogP contribution in [0, 0.1) is 0 Å². The van der Waals surface area contributed by atoms with Crippen LogP contribution < -0.4 is 5.32 Å². The summed E-state index contributed by atoms with van der Waals surface area (Å²) in [6.45, 7) is 2.68. The van der Waals surface area contributed by atoms with Crippen LogP contribution in [0.2, 0.25) is 0 Å². The largest absolute Gasteiger partial charge is 0.394 e. The van der Waals surface area contributed by atoms with E-state index in [0.717, 1.165) is 77.0 Å². The molecular formula is C77H133NO13. The fourth-order valence-electron chi connectivity index (χ4n) is 11.4. The molecule has 2 aliphatic heterocycles. The second-order valence-electron chi connectivity index (χ2n) is 25.3. The molecule has 2 heterocycles. The summed E-state index contributed by atoms with van der Waals surface area (Å²) >= 11 is 0. The molecule has 524 valence electrons. The van der Waals surface area contributed by atoms with E-state index in [1.54, 1.807) is 6.08 Å². The van der Waals surface area contributed by atoms with Crippen LogP contribution in [0.15, 0.2) is 109 Å². The lowest BCUT2D eigenvalue weighted by Gasteiger charge is -2.46. The third kappa shape index (κ3) is 44.1. The predicted octanol–water partition coefficient (Wildman–Crippen LogP) is 15.5. The molecule has 0 aromatic heterocycles. The first kappa shape index (κ1) is 83.7. The Morgan fingerprint density at radius 2 is 0.769 bits per heavy atom. The standard InChI is InChI=1S/C77H133NO13/c1-3-5-7-9-11-13-15-17-19-21-23-25-26-27-28-29-30-31-32-33-34-35-36-37-38-39-40-41-43-45-47-49-51-53-55-57-59-61-69(82)78-65(66(81)60-58-56-54-52-50-48-46-44-42-24-22-20-18-16-14-12-10-8-6-4-2)64-88-76-74(87)72(85)75(68(63-80)90-76)91-77-73(86)71(84)70(83)67(62-79)89-77/h5,7,11,13,17,19,23,25,27-28,30-31,33-34,50,52,58,60,65-68,70-77,79-81,83-87H,3-4,6,8-10,12,14-16,18,20-22,24,26,29,32,35-49,51,53-57,59,61-64H2,1-2H3,(H,78,82)/b7-5-,13-11-,19-17-,25-23-,28-27-,31-30-,34-33-,52-50+,60-58+. The number of carbonyl (C=O) groups is 1. The fourth-order valence-corrected chi connectivity index (χ4v) is 11.4. The molecular weight excluding hydrogens is 1150 g/mol. The summed E-state index contributed by atoms with van der Waals surface area (Å²) in [4.78, 5) is 13.3. The van der Waals surface area contributed by atoms with Crippen molar-refractivity contribution in [2.45, 2.75) is 351 Å². The Kier molecular flexibility index (Phi) is 55.5. The minimum Gasteiger partial charge on any atom is -0.394 e. The number of ether oxygens (including phenoxy) is 4. The van der Waals surface area contributed by atoms with Crippen LogP contribution in [0.25, 0.3) is 0 Å². The number of hydrogen-bond acceptors (Lipinski definition) is 13. The van der Waals surface area contributed by atoms with Crippen molar-refractivity contribution in [3.05, 3.63) is 109 Å². The Hall–Kier alpha value is -3.35. The van der Waals surface area contributed by atoms with Gasteiger partial charge in [0.15, 0.2) is 12.6 Å². The summed E-state index contributed by atoms with van der Waals surface area (Å²) in [5.41, 5.74) is 0. The van der Waals surface area contributed by atoms with Crippen LogP contribution >= 0.6 is 0 Å². The van der Waals surface area contributed by atoms with Crippen molar-refractivity contribution in [2.75, 3.05) is 19.8 Å². The maximum absolute atomic E-state index is 13.3. The summed E-state index contributed by atoms with van der Waals surface area (Å²) in [5, 5.41) is 87.4. The molecule has 91 heavy (non-hydrogen) atoms. The van der Waals surface area contributed by atoms with Gasteiger partial charge in [0.2, 0.25) is 5.91 Å². The van der Waals surface area contributed by atoms with Crippen LogP contribution in [0.3, 0.4) is 0 Å². The second kappa shape index (κ2) is 60.3. The molecule has 12 unspecified atom stereocenters. The van der Waals surface area contributed by atoms with Gasteiger partial charge in [-0.25, -0.2) is 0 Å². The number of rotatable bonds is 59. The molecule has 0 saturated carbocycles. The van der Waals surface area contributed by atoms with E-state index >= 15 is 0 Å². The average Bonchev–Trinajstić information content (AvgIpc) is 1.04. The Bertz CT molecular complexity index is 1950. The van der Waals surface area contributed by atoms with Crippen molar-refractivity contribution in [2.24, 2.45) is 0 Å². The first-order chi connectivity index (χ1) is 44.6. The second-order valence-corrected chi connectivity index (χ2v) is 25.3. The Labute approximate surface area is 553 Å². The highest BCUT2D eigenvalue weighted by Crippen LogP contribution is 2.30. The molecule has 2 rings (SSSR count). The summed E-state index contributed by atoms with van der Waals surface area (Å²) in [6.07, 6.45) is 70.0. The smallest absolute Gasteiger partial charge is 0.220 e. The minimum atomic E-state index is -1.80. The third-order valence-electron chi connectivity index (χ3n) is 17.2. The Morgan fingerprint density at radius 3 is 1.21 bits per heavy atom. The predicted molar refractivity (Wildman–Crippen MR) is 373 cm³/mol. The number of aliphatic hydroxyl groups is 8. The SMILES string of the molecule is CC/C=C\C/C=C\C/C=C\C/C=C\C/C=C\C/C=C\C/C=C\CCCCCCCCCCCCCCCCCC(=O)NC(COC1OC(CO)C(OC2OC(CO)C(O)C(O)C2O)C(O)C1O)C(O)/C=C/CC/C=C/CCCCCCCCCCCCCCCC. The van der Waals surface area contributed by atoms with E-state index in [0.29, 0.717) is 12.8 Å². The van der Waals surface area contributed by atoms with E-state index in [9.17, 15) is 45.6 Å². The number of aliphatic hydroxyl groups excluding tert-OH is 8. The molecule has 0 radical (unpaired) electrons. The molecule has 2 saturated heterocycles. The Balaban J connectivity index is 1.64. The van der Waals surface area contributed by atoms with Crippen LogP contribution in [0.5, 0.6) is 0 Å². The third-order valence-corrected chi connectivity index (χ3v) is 17.2. The number of hydrogen-bond donors (Lipinski definition) is 9. The first-order valence-electron chi connectivity index (χ1n) is 36.6. The summed E-state index contributed by atoms with van der Waals surface area (Å²) in [7, 11) is 0. The molecule has 12 atom stereocenters. The van der Waals surface area contributed by atoms with E-state index in [1.165, 1.54) is 167 Å². The van der Waals surface area contributed by atoms with E-state index in [1.807, 2.05) is 6.08 Å². The van der Waals surface area contributed by atoms with Crippen molar-refractivity contribution >= 4 is 5.91 Å². The van der Waals surface area contributed by atoms with Crippen molar-refractivity contribution in [1.29, 1.82) is 0 Å². The van der Waals surface area contributed by atoms with Crippen molar-refractivity contribution < 1.29 is 64.6 Å². The summed E-state index contributed by atoms with van der Waals surface area (Å²) in [5.74, 6) is -0.251. The molecule has 2 fully saturated rings. The highest BCUT2D eigenvalue weighted by atomic mass is 16.7. The number of carbonyl (C=O) groups excluding carboxylic acids is 1. The van der Waals surface area contributed by atoms with Crippen molar-refractivity contribution in [3.8, 4) is 0 Å². The molecule has 0 aromatic rings. The van der Waals surface area contributed by atoms with Gasteiger partial charge >= 0.3 is 0 Å². The summed E-state index contributed by atoms with van der Waals surface area (Å²) in [6, 6.07) is -0.938. The highest BCUT2D eigenvalue weighted by molar-refractivity contribution is 5.76. The maximum atomic E-state index is 13.3. The zero-order chi connectivity index (χ0) is 65.9. The number of unbranched alkanes of at least 4 members (excludes halogenated alkanes) is 30. The van der Waals surface area contributed by atoms with E-state index in [2.05, 4.69) is 116 Å². The average molecular weight is 1280 g/mol. The minimum absolute atomic E-state index is 0.251. The molecule has 1 amide bonds. The van der Waals surface area contributed by atoms with Gasteiger partial charge in [0, 0.05) is 6.42 Å². The quantitative estimate of drug-likeness (QED) is 0.0204. The molecule has 14 heteroatoms. The van der Waals surface area contributed by atoms with Crippen LogP contribution in [-0.2, 0) is 23.7 Å². The molecule has 0 aliphatic carbocycles. The van der Waals surface area contributed by atoms with Crippen LogP contribution in [-0.4, -0.2) is 140 Å². The molecule has 2 aliphatic rings. The van der Waals surface area contributed by atoms with Gasteiger partial charge in [0.05, 0.1) is 32.0 Å². The van der Waals surface area contributed by atoms with Gasteiger partial charge in [-0.15, -0.1) is 0 Å². The lowest BCUT2D eigenvalue weighted by atomic mass is 9.97. The molecule has 14 nitrogen and oxygen atoms in total.